The van der Waals surface area contributed by atoms with Gasteiger partial charge in [-0.2, -0.15) is 4.98 Å². The normalized spacial score (nSPS) is 19.0. The van der Waals surface area contributed by atoms with Gasteiger partial charge in [-0.3, -0.25) is 0 Å². The maximum Gasteiger partial charge on any atom is 0.222 e. The second kappa shape index (κ2) is 8.50. The topological polar surface area (TPSA) is 98.9 Å². The Morgan fingerprint density at radius 3 is 2.58 bits per heavy atom. The Morgan fingerprint density at radius 2 is 2.00 bits per heavy atom. The third-order valence-electron chi connectivity index (χ3n) is 4.33. The molecule has 4 N–H and O–H groups in total. The number of halogens is 2. The van der Waals surface area contributed by atoms with Gasteiger partial charge in [-0.15, -0.1) is 24.8 Å². The summed E-state index contributed by atoms with van der Waals surface area (Å²) in [6.45, 7) is 3.69. The van der Waals surface area contributed by atoms with Crippen LogP contribution in [0.3, 0.4) is 0 Å². The minimum Gasteiger partial charge on any atom is -0.368 e. The van der Waals surface area contributed by atoms with Crippen LogP contribution in [0.4, 0.5) is 11.8 Å². The van der Waals surface area contributed by atoms with E-state index in [0.29, 0.717) is 17.9 Å². The van der Waals surface area contributed by atoms with Gasteiger partial charge in [0, 0.05) is 50.6 Å². The van der Waals surface area contributed by atoms with Crippen molar-refractivity contribution in [2.75, 3.05) is 24.2 Å². The Kier molecular flexibility index (Phi) is 7.26. The van der Waals surface area contributed by atoms with E-state index in [1.165, 1.54) is 0 Å². The first-order valence-corrected chi connectivity index (χ1v) is 7.62. The monoisotopic (exact) mass is 373 g/mol. The van der Waals surface area contributed by atoms with E-state index in [-0.39, 0.29) is 24.8 Å². The van der Waals surface area contributed by atoms with Crippen LogP contribution in [-0.4, -0.2) is 39.2 Å². The van der Waals surface area contributed by atoms with Gasteiger partial charge in [0.15, 0.2) is 0 Å². The molecule has 1 saturated carbocycles. The minimum absolute atomic E-state index is 0. The fourth-order valence-corrected chi connectivity index (χ4v) is 2.79. The molecule has 0 saturated heterocycles. The molecule has 24 heavy (non-hydrogen) atoms. The van der Waals surface area contributed by atoms with E-state index in [1.54, 1.807) is 0 Å². The van der Waals surface area contributed by atoms with Gasteiger partial charge in [0.05, 0.1) is 5.69 Å². The number of rotatable bonds is 5. The number of hydrogen-bond acceptors (Lipinski definition) is 6. The van der Waals surface area contributed by atoms with Crippen LogP contribution < -0.4 is 16.4 Å². The molecule has 0 aliphatic heterocycles. The molecule has 3 rings (SSSR count). The summed E-state index contributed by atoms with van der Waals surface area (Å²) in [5, 5.41) is 0. The summed E-state index contributed by atoms with van der Waals surface area (Å²) in [6.07, 6.45) is 5.76. The number of nitrogens with two attached hydrogens (primary N) is 2. The molecule has 1 fully saturated rings. The molecule has 0 unspecified atom stereocenters. The van der Waals surface area contributed by atoms with Crippen LogP contribution in [0.5, 0.6) is 0 Å². The van der Waals surface area contributed by atoms with Crippen LogP contribution in [0.15, 0.2) is 18.5 Å². The first-order chi connectivity index (χ1) is 10.5. The van der Waals surface area contributed by atoms with Crippen molar-refractivity contribution in [3.8, 4) is 0 Å². The molecule has 2 heterocycles. The molecule has 134 valence electrons. The largest absolute Gasteiger partial charge is 0.368 e. The summed E-state index contributed by atoms with van der Waals surface area (Å²) in [6, 6.07) is 2.33. The van der Waals surface area contributed by atoms with Gasteiger partial charge < -0.3 is 20.9 Å². The molecule has 2 aromatic rings. The van der Waals surface area contributed by atoms with Crippen molar-refractivity contribution in [1.29, 1.82) is 0 Å². The van der Waals surface area contributed by atoms with Crippen LogP contribution in [0.1, 0.15) is 30.3 Å². The standard InChI is InChI=1S/C15H23N7.2ClH/c1-10-18-3-4-22(10)6-5-21(2)14-9-13(19-15(17)20-14)11-7-12(16)8-11;;/h3-4,9,11-12H,5-8,16H2,1-2H3,(H2,17,19,20);2*1H. The van der Waals surface area contributed by atoms with Gasteiger partial charge in [0.25, 0.3) is 0 Å². The smallest absolute Gasteiger partial charge is 0.222 e. The van der Waals surface area contributed by atoms with Crippen molar-refractivity contribution < 1.29 is 0 Å². The zero-order chi connectivity index (χ0) is 15.7. The number of anilines is 2. The molecule has 9 heteroatoms. The van der Waals surface area contributed by atoms with Crippen LogP contribution in [0, 0.1) is 6.92 Å². The Balaban J connectivity index is 0.00000144. The molecule has 7 nitrogen and oxygen atoms in total. The Morgan fingerprint density at radius 1 is 1.29 bits per heavy atom. The van der Waals surface area contributed by atoms with Crippen molar-refractivity contribution in [2.24, 2.45) is 5.73 Å². The number of likely N-dealkylation sites (N-methyl/N-ethyl adjacent to an activating group) is 1. The number of nitrogens with zero attached hydrogens (tertiary/aromatic N) is 5. The van der Waals surface area contributed by atoms with Gasteiger partial charge >= 0.3 is 0 Å². The van der Waals surface area contributed by atoms with Crippen molar-refractivity contribution in [3.63, 3.8) is 0 Å². The molecule has 0 amide bonds. The van der Waals surface area contributed by atoms with Crippen molar-refractivity contribution in [1.82, 2.24) is 19.5 Å². The zero-order valence-electron chi connectivity index (χ0n) is 13.9. The maximum atomic E-state index is 5.87. The molecule has 0 atom stereocenters. The molecule has 0 radical (unpaired) electrons. The fourth-order valence-electron chi connectivity index (χ4n) is 2.79. The van der Waals surface area contributed by atoms with Crippen LogP contribution in [-0.2, 0) is 6.54 Å². The summed E-state index contributed by atoms with van der Waals surface area (Å²) >= 11 is 0. The summed E-state index contributed by atoms with van der Waals surface area (Å²) in [4.78, 5) is 15.0. The van der Waals surface area contributed by atoms with Crippen LogP contribution in [0.25, 0.3) is 0 Å². The van der Waals surface area contributed by atoms with Gasteiger partial charge in [-0.25, -0.2) is 9.97 Å². The number of hydrogen-bond donors (Lipinski definition) is 2. The van der Waals surface area contributed by atoms with Gasteiger partial charge in [-0.05, 0) is 19.8 Å². The molecule has 1 aliphatic carbocycles. The highest BCUT2D eigenvalue weighted by Gasteiger charge is 2.29. The lowest BCUT2D eigenvalue weighted by molar-refractivity contribution is 0.345. The zero-order valence-corrected chi connectivity index (χ0v) is 15.6. The third kappa shape index (κ3) is 4.49. The molecule has 0 aromatic carbocycles. The van der Waals surface area contributed by atoms with E-state index >= 15 is 0 Å². The highest BCUT2D eigenvalue weighted by Crippen LogP contribution is 2.35. The number of aryl methyl sites for hydroxylation is 1. The highest BCUT2D eigenvalue weighted by atomic mass is 35.5. The molecular formula is C15H25Cl2N7. The lowest BCUT2D eigenvalue weighted by Gasteiger charge is -2.32. The minimum atomic E-state index is 0. The van der Waals surface area contributed by atoms with E-state index in [9.17, 15) is 0 Å². The first-order valence-electron chi connectivity index (χ1n) is 7.62. The predicted molar refractivity (Wildman–Crippen MR) is 101 cm³/mol. The average molecular weight is 374 g/mol. The average Bonchev–Trinajstić information content (AvgIpc) is 2.86. The van der Waals surface area contributed by atoms with Crippen molar-refractivity contribution >= 4 is 36.6 Å². The Bertz CT molecular complexity index is 655. The Hall–Kier alpha value is -1.57. The molecule has 1 aliphatic rings. The lowest BCUT2D eigenvalue weighted by atomic mass is 9.78. The van der Waals surface area contributed by atoms with Crippen LogP contribution >= 0.6 is 24.8 Å². The molecular weight excluding hydrogens is 349 g/mol. The van der Waals surface area contributed by atoms with Crippen molar-refractivity contribution in [3.05, 3.63) is 30.0 Å². The summed E-state index contributed by atoms with van der Waals surface area (Å²) in [5.74, 6) is 2.63. The van der Waals surface area contributed by atoms with Crippen molar-refractivity contribution in [2.45, 2.75) is 38.3 Å². The fraction of sp³-hybridized carbons (Fsp3) is 0.533. The van der Waals surface area contributed by atoms with E-state index in [2.05, 4.69) is 24.4 Å². The van der Waals surface area contributed by atoms with Gasteiger partial charge in [0.1, 0.15) is 11.6 Å². The lowest BCUT2D eigenvalue weighted by Crippen LogP contribution is -2.35. The summed E-state index contributed by atoms with van der Waals surface area (Å²) in [7, 11) is 2.02. The van der Waals surface area contributed by atoms with E-state index in [1.807, 2.05) is 32.4 Å². The summed E-state index contributed by atoms with van der Waals surface area (Å²) < 4.78 is 2.12. The van der Waals surface area contributed by atoms with Gasteiger partial charge in [-0.1, -0.05) is 0 Å². The number of aromatic nitrogens is 4. The second-order valence-corrected chi connectivity index (χ2v) is 6.03. The second-order valence-electron chi connectivity index (χ2n) is 6.03. The van der Waals surface area contributed by atoms with Gasteiger partial charge in [0.2, 0.25) is 5.95 Å². The highest BCUT2D eigenvalue weighted by molar-refractivity contribution is 5.85. The molecule has 0 spiro atoms. The van der Waals surface area contributed by atoms with E-state index < -0.39 is 0 Å². The molecule has 0 bridgehead atoms. The maximum absolute atomic E-state index is 5.87. The quantitative estimate of drug-likeness (QED) is 0.827. The number of imidazole rings is 1. The van der Waals surface area contributed by atoms with E-state index in [4.69, 9.17) is 11.5 Å². The first kappa shape index (κ1) is 20.5. The Labute approximate surface area is 154 Å². The summed E-state index contributed by atoms with van der Waals surface area (Å²) in [5.41, 5.74) is 12.7. The number of nitrogen functional groups attached to an aromatic ring is 1. The predicted octanol–water partition coefficient (Wildman–Crippen LogP) is 1.75. The van der Waals surface area contributed by atoms with Crippen LogP contribution in [0.2, 0.25) is 0 Å². The SMILES string of the molecule is Cc1nccn1CCN(C)c1cc(C2CC(N)C2)nc(N)n1.Cl.Cl. The van der Waals surface area contributed by atoms with E-state index in [0.717, 1.165) is 43.3 Å². The molecule has 2 aromatic heterocycles. The third-order valence-corrected chi connectivity index (χ3v) is 4.33.